The topological polar surface area (TPSA) is 82.0 Å². The van der Waals surface area contributed by atoms with Crippen LogP contribution >= 0.6 is 0 Å². The number of anilines is 1. The van der Waals surface area contributed by atoms with E-state index < -0.39 is 6.23 Å². The van der Waals surface area contributed by atoms with Gasteiger partial charge in [0, 0.05) is 18.8 Å². The number of carbonyl (C=O) groups is 1. The molecule has 0 radical (unpaired) electrons. The molecule has 0 bridgehead atoms. The number of nitrogens with one attached hydrogen (secondary N) is 1. The van der Waals surface area contributed by atoms with Gasteiger partial charge in [0.1, 0.15) is 11.5 Å². The van der Waals surface area contributed by atoms with Gasteiger partial charge in [-0.05, 0) is 65.9 Å². The van der Waals surface area contributed by atoms with Gasteiger partial charge in [0.05, 0.1) is 12.7 Å². The minimum atomic E-state index is -1.04. The Bertz CT molecular complexity index is 1120. The first-order valence-corrected chi connectivity index (χ1v) is 11.0. The SMILES string of the molecule is COc1ccc(CCN2c3ccccc3C=C(C(=O)NCCc3ccc(O)cc3)C2O)cc1. The van der Waals surface area contributed by atoms with Crippen LogP contribution in [0.1, 0.15) is 16.7 Å². The summed E-state index contributed by atoms with van der Waals surface area (Å²) in [6.45, 7) is 0.990. The highest BCUT2D eigenvalue weighted by Crippen LogP contribution is 2.32. The highest BCUT2D eigenvalue weighted by molar-refractivity contribution is 6.01. The van der Waals surface area contributed by atoms with Crippen molar-refractivity contribution in [1.82, 2.24) is 5.32 Å². The second kappa shape index (κ2) is 10.2. The zero-order valence-electron chi connectivity index (χ0n) is 18.6. The minimum Gasteiger partial charge on any atom is -0.508 e. The van der Waals surface area contributed by atoms with E-state index in [4.69, 9.17) is 4.74 Å². The van der Waals surface area contributed by atoms with Crippen LogP contribution in [0.4, 0.5) is 5.69 Å². The lowest BCUT2D eigenvalue weighted by molar-refractivity contribution is -0.118. The number of para-hydroxylation sites is 1. The number of aromatic hydroxyl groups is 1. The Morgan fingerprint density at radius 1 is 0.970 bits per heavy atom. The van der Waals surface area contributed by atoms with Gasteiger partial charge in [-0.25, -0.2) is 0 Å². The van der Waals surface area contributed by atoms with Crippen LogP contribution in [0.25, 0.3) is 6.08 Å². The van der Waals surface area contributed by atoms with Crippen LogP contribution in [0.15, 0.2) is 78.4 Å². The molecule has 1 unspecified atom stereocenters. The van der Waals surface area contributed by atoms with Crippen LogP contribution in [0.3, 0.4) is 0 Å². The molecule has 1 atom stereocenters. The lowest BCUT2D eigenvalue weighted by atomic mass is 9.99. The van der Waals surface area contributed by atoms with Crippen LogP contribution in [-0.4, -0.2) is 42.5 Å². The second-order valence-electron chi connectivity index (χ2n) is 8.00. The fraction of sp³-hybridized carbons (Fsp3) is 0.222. The van der Waals surface area contributed by atoms with Gasteiger partial charge in [-0.3, -0.25) is 4.79 Å². The Kier molecular flexibility index (Phi) is 6.95. The number of aliphatic hydroxyl groups is 1. The van der Waals surface area contributed by atoms with Crippen molar-refractivity contribution in [2.45, 2.75) is 19.1 Å². The fourth-order valence-electron chi connectivity index (χ4n) is 3.97. The molecule has 6 nitrogen and oxygen atoms in total. The Morgan fingerprint density at radius 2 is 1.64 bits per heavy atom. The number of ether oxygens (including phenoxy) is 1. The number of hydrogen-bond donors (Lipinski definition) is 3. The first kappa shape index (κ1) is 22.4. The van der Waals surface area contributed by atoms with Crippen molar-refractivity contribution < 1.29 is 19.7 Å². The van der Waals surface area contributed by atoms with E-state index in [2.05, 4.69) is 5.32 Å². The van der Waals surface area contributed by atoms with Crippen molar-refractivity contribution in [3.05, 3.63) is 95.1 Å². The number of phenols is 1. The third-order valence-corrected chi connectivity index (χ3v) is 5.83. The number of aliphatic hydroxyl groups excluding tert-OH is 1. The highest BCUT2D eigenvalue weighted by Gasteiger charge is 2.30. The Labute approximate surface area is 193 Å². The summed E-state index contributed by atoms with van der Waals surface area (Å²) in [7, 11) is 1.64. The van der Waals surface area contributed by atoms with Crippen LogP contribution < -0.4 is 15.0 Å². The molecule has 0 aromatic heterocycles. The van der Waals surface area contributed by atoms with E-state index in [1.807, 2.05) is 65.6 Å². The lowest BCUT2D eigenvalue weighted by Crippen LogP contribution is -2.45. The molecule has 0 fully saturated rings. The first-order chi connectivity index (χ1) is 16.0. The molecular formula is C27H28N2O4. The van der Waals surface area contributed by atoms with Crippen molar-refractivity contribution in [3.63, 3.8) is 0 Å². The average Bonchev–Trinajstić information content (AvgIpc) is 2.84. The van der Waals surface area contributed by atoms with Gasteiger partial charge in [0.2, 0.25) is 0 Å². The van der Waals surface area contributed by atoms with Gasteiger partial charge in [0.15, 0.2) is 6.23 Å². The van der Waals surface area contributed by atoms with Gasteiger partial charge < -0.3 is 25.2 Å². The molecular weight excluding hydrogens is 416 g/mol. The molecule has 0 saturated heterocycles. The van der Waals surface area contributed by atoms with Crippen LogP contribution in [0.5, 0.6) is 11.5 Å². The van der Waals surface area contributed by atoms with Gasteiger partial charge in [-0.15, -0.1) is 0 Å². The van der Waals surface area contributed by atoms with E-state index in [0.717, 1.165) is 28.1 Å². The molecule has 0 saturated carbocycles. The summed E-state index contributed by atoms with van der Waals surface area (Å²) < 4.78 is 5.22. The van der Waals surface area contributed by atoms with Gasteiger partial charge in [-0.2, -0.15) is 0 Å². The van der Waals surface area contributed by atoms with E-state index in [1.165, 1.54) is 0 Å². The molecule has 1 aliphatic heterocycles. The van der Waals surface area contributed by atoms with E-state index >= 15 is 0 Å². The summed E-state index contributed by atoms with van der Waals surface area (Å²) in [6, 6.07) is 22.5. The lowest BCUT2D eigenvalue weighted by Gasteiger charge is -2.35. The summed E-state index contributed by atoms with van der Waals surface area (Å²) in [6.07, 6.45) is 2.07. The largest absolute Gasteiger partial charge is 0.508 e. The van der Waals surface area contributed by atoms with Crippen LogP contribution in [-0.2, 0) is 17.6 Å². The Balaban J connectivity index is 1.44. The highest BCUT2D eigenvalue weighted by atomic mass is 16.5. The molecule has 4 rings (SSSR count). The van der Waals surface area contributed by atoms with Crippen molar-refractivity contribution in [1.29, 1.82) is 0 Å². The first-order valence-electron chi connectivity index (χ1n) is 11.0. The van der Waals surface area contributed by atoms with Gasteiger partial charge in [0.25, 0.3) is 5.91 Å². The minimum absolute atomic E-state index is 0.215. The van der Waals surface area contributed by atoms with Crippen LogP contribution in [0, 0.1) is 0 Å². The molecule has 3 aromatic rings. The average molecular weight is 445 g/mol. The van der Waals surface area contributed by atoms with E-state index in [1.54, 1.807) is 25.3 Å². The molecule has 1 amide bonds. The standard InChI is InChI=1S/C27H28N2O4/c1-33-23-12-8-20(9-13-23)15-17-29-25-5-3-2-4-21(25)18-24(27(29)32)26(31)28-16-14-19-6-10-22(30)11-7-19/h2-13,18,27,30,32H,14-17H2,1H3,(H,28,31). The third kappa shape index (κ3) is 5.35. The summed E-state index contributed by atoms with van der Waals surface area (Å²) >= 11 is 0. The van der Waals surface area contributed by atoms with Crippen molar-refractivity contribution >= 4 is 17.7 Å². The molecule has 0 spiro atoms. The maximum Gasteiger partial charge on any atom is 0.251 e. The number of nitrogens with zero attached hydrogens (tertiary/aromatic N) is 1. The van der Waals surface area contributed by atoms with E-state index in [-0.39, 0.29) is 11.7 Å². The number of phenolic OH excluding ortho intramolecular Hbond substituents is 1. The molecule has 1 aliphatic rings. The zero-order chi connectivity index (χ0) is 23.2. The van der Waals surface area contributed by atoms with Gasteiger partial charge in [-0.1, -0.05) is 42.5 Å². The quantitative estimate of drug-likeness (QED) is 0.495. The monoisotopic (exact) mass is 444 g/mol. The molecule has 170 valence electrons. The predicted octanol–water partition coefficient (Wildman–Crippen LogP) is 3.52. The summed E-state index contributed by atoms with van der Waals surface area (Å²) in [5.74, 6) is 0.730. The maximum atomic E-state index is 12.9. The summed E-state index contributed by atoms with van der Waals surface area (Å²) in [4.78, 5) is 14.8. The Hall–Kier alpha value is -3.77. The van der Waals surface area contributed by atoms with Crippen LogP contribution in [0.2, 0.25) is 0 Å². The second-order valence-corrected chi connectivity index (χ2v) is 8.00. The number of benzene rings is 3. The smallest absolute Gasteiger partial charge is 0.251 e. The molecule has 1 heterocycles. The van der Waals surface area contributed by atoms with Gasteiger partial charge >= 0.3 is 0 Å². The predicted molar refractivity (Wildman–Crippen MR) is 129 cm³/mol. The number of methoxy groups -OCH3 is 1. The normalized spacial score (nSPS) is 14.9. The fourth-order valence-corrected chi connectivity index (χ4v) is 3.97. The molecule has 3 N–H and O–H groups in total. The molecule has 0 aliphatic carbocycles. The number of hydrogen-bond acceptors (Lipinski definition) is 5. The van der Waals surface area contributed by atoms with Crippen molar-refractivity contribution in [2.75, 3.05) is 25.1 Å². The zero-order valence-corrected chi connectivity index (χ0v) is 18.6. The molecule has 33 heavy (non-hydrogen) atoms. The Morgan fingerprint density at radius 3 is 2.36 bits per heavy atom. The number of carbonyl (C=O) groups excluding carboxylic acids is 1. The number of rotatable bonds is 8. The van der Waals surface area contributed by atoms with E-state index in [0.29, 0.717) is 31.5 Å². The van der Waals surface area contributed by atoms with E-state index in [9.17, 15) is 15.0 Å². The van der Waals surface area contributed by atoms with Crippen molar-refractivity contribution in [3.8, 4) is 11.5 Å². The molecule has 6 heteroatoms. The number of fused-ring (bicyclic) bond motifs is 1. The molecule has 3 aromatic carbocycles. The third-order valence-electron chi connectivity index (χ3n) is 5.83. The number of amides is 1. The summed E-state index contributed by atoms with van der Waals surface area (Å²) in [5.41, 5.74) is 4.27. The summed E-state index contributed by atoms with van der Waals surface area (Å²) in [5, 5.41) is 23.4. The maximum absolute atomic E-state index is 12.9. The van der Waals surface area contributed by atoms with Crippen molar-refractivity contribution in [2.24, 2.45) is 0 Å².